The van der Waals surface area contributed by atoms with Crippen LogP contribution < -0.4 is 5.32 Å². The van der Waals surface area contributed by atoms with E-state index >= 15 is 0 Å². The van der Waals surface area contributed by atoms with Gasteiger partial charge in [-0.3, -0.25) is 0 Å². The first-order valence-corrected chi connectivity index (χ1v) is 5.04. The maximum absolute atomic E-state index is 13.4. The highest BCUT2D eigenvalue weighted by Gasteiger charge is 2.09. The number of nitrogens with zero attached hydrogens (tertiary/aromatic N) is 1. The zero-order valence-electron chi connectivity index (χ0n) is 9.67. The Morgan fingerprint density at radius 2 is 2.25 bits per heavy atom. The van der Waals surface area contributed by atoms with Crippen LogP contribution in [0.25, 0.3) is 0 Å². The molecule has 0 heterocycles. The Balaban J connectivity index is 2.95. The minimum absolute atomic E-state index is 0.0667. The molecule has 0 aromatic heterocycles. The summed E-state index contributed by atoms with van der Waals surface area (Å²) in [6.45, 7) is 4.13. The number of benzene rings is 1. The first kappa shape index (κ1) is 12.5. The summed E-state index contributed by atoms with van der Waals surface area (Å²) in [5.41, 5.74) is 1.47. The Hall–Kier alpha value is -1.60. The minimum Gasteiger partial charge on any atom is -0.383 e. The van der Waals surface area contributed by atoms with E-state index in [1.807, 2.05) is 13.0 Å². The van der Waals surface area contributed by atoms with Crippen molar-refractivity contribution in [2.45, 2.75) is 19.9 Å². The summed E-state index contributed by atoms with van der Waals surface area (Å²) < 4.78 is 18.4. The van der Waals surface area contributed by atoms with Crippen LogP contribution in [0.4, 0.5) is 10.1 Å². The first-order valence-electron chi connectivity index (χ1n) is 5.04. The van der Waals surface area contributed by atoms with Crippen LogP contribution >= 0.6 is 0 Å². The molecule has 1 rings (SSSR count). The van der Waals surface area contributed by atoms with E-state index in [9.17, 15) is 4.39 Å². The van der Waals surface area contributed by atoms with Gasteiger partial charge in [-0.1, -0.05) is 0 Å². The van der Waals surface area contributed by atoms with E-state index in [1.54, 1.807) is 20.1 Å². The predicted molar refractivity (Wildman–Crippen MR) is 60.8 cm³/mol. The van der Waals surface area contributed by atoms with Gasteiger partial charge in [-0.05, 0) is 26.0 Å². The largest absolute Gasteiger partial charge is 0.383 e. The normalized spacial score (nSPS) is 11.9. The van der Waals surface area contributed by atoms with Crippen molar-refractivity contribution < 1.29 is 9.13 Å². The van der Waals surface area contributed by atoms with Gasteiger partial charge < -0.3 is 10.1 Å². The third kappa shape index (κ3) is 2.94. The zero-order valence-corrected chi connectivity index (χ0v) is 9.67. The first-order chi connectivity index (χ1) is 7.58. The highest BCUT2D eigenvalue weighted by atomic mass is 19.1. The van der Waals surface area contributed by atoms with Crippen LogP contribution in [-0.2, 0) is 4.74 Å². The average molecular weight is 222 g/mol. The van der Waals surface area contributed by atoms with Gasteiger partial charge >= 0.3 is 0 Å². The summed E-state index contributed by atoms with van der Waals surface area (Å²) in [6.07, 6.45) is 0. The van der Waals surface area contributed by atoms with Crippen LogP contribution in [0, 0.1) is 24.1 Å². The predicted octanol–water partition coefficient (Wildman–Crippen LogP) is 2.45. The van der Waals surface area contributed by atoms with Gasteiger partial charge in [-0.25, -0.2) is 4.39 Å². The fourth-order valence-corrected chi connectivity index (χ4v) is 1.45. The lowest BCUT2D eigenvalue weighted by molar-refractivity contribution is 0.190. The molecule has 0 spiro atoms. The van der Waals surface area contributed by atoms with Gasteiger partial charge in [0.25, 0.3) is 0 Å². The lowest BCUT2D eigenvalue weighted by Crippen LogP contribution is -2.21. The number of nitriles is 1. The summed E-state index contributed by atoms with van der Waals surface area (Å²) in [5.74, 6) is -0.369. The van der Waals surface area contributed by atoms with Gasteiger partial charge in [-0.15, -0.1) is 0 Å². The minimum atomic E-state index is -0.369. The van der Waals surface area contributed by atoms with Crippen molar-refractivity contribution in [3.8, 4) is 6.07 Å². The van der Waals surface area contributed by atoms with Crippen molar-refractivity contribution in [2.24, 2.45) is 0 Å². The number of nitrogens with one attached hydrogen (secondary N) is 1. The van der Waals surface area contributed by atoms with Crippen molar-refractivity contribution in [3.05, 3.63) is 29.1 Å². The standard InChI is InChI=1S/C12H15FN2O/c1-8(7-16-3)15-12-5-10(6-14)4-11(13)9(12)2/h4-5,8,15H,7H2,1-3H3. The molecule has 0 saturated heterocycles. The number of ether oxygens (including phenoxy) is 1. The van der Waals surface area contributed by atoms with Gasteiger partial charge in [0.1, 0.15) is 5.82 Å². The molecule has 0 aliphatic rings. The van der Waals surface area contributed by atoms with Crippen LogP contribution in [0.2, 0.25) is 0 Å². The molecule has 1 unspecified atom stereocenters. The van der Waals surface area contributed by atoms with E-state index in [1.165, 1.54) is 6.07 Å². The summed E-state index contributed by atoms with van der Waals surface area (Å²) in [6, 6.07) is 4.88. The molecule has 0 radical (unpaired) electrons. The molecule has 0 fully saturated rings. The molecule has 0 aliphatic heterocycles. The molecule has 0 bridgehead atoms. The van der Waals surface area contributed by atoms with Crippen molar-refractivity contribution in [1.82, 2.24) is 0 Å². The molecule has 0 amide bonds. The fourth-order valence-electron chi connectivity index (χ4n) is 1.45. The summed E-state index contributed by atoms with van der Waals surface area (Å²) in [7, 11) is 1.61. The zero-order chi connectivity index (χ0) is 12.1. The van der Waals surface area contributed by atoms with Crippen LogP contribution in [0.15, 0.2) is 12.1 Å². The van der Waals surface area contributed by atoms with E-state index in [0.29, 0.717) is 23.4 Å². The van der Waals surface area contributed by atoms with Crippen LogP contribution in [0.3, 0.4) is 0 Å². The lowest BCUT2D eigenvalue weighted by atomic mass is 10.1. The van der Waals surface area contributed by atoms with Crippen molar-refractivity contribution in [3.63, 3.8) is 0 Å². The maximum Gasteiger partial charge on any atom is 0.129 e. The number of anilines is 1. The third-order valence-electron chi connectivity index (χ3n) is 2.29. The van der Waals surface area contributed by atoms with E-state index in [4.69, 9.17) is 10.00 Å². The highest BCUT2D eigenvalue weighted by molar-refractivity contribution is 5.56. The molecule has 1 N–H and O–H groups in total. The van der Waals surface area contributed by atoms with Gasteiger partial charge in [-0.2, -0.15) is 5.26 Å². The summed E-state index contributed by atoms with van der Waals surface area (Å²) >= 11 is 0. The number of hydrogen-bond donors (Lipinski definition) is 1. The molecular formula is C12H15FN2O. The Bertz CT molecular complexity index is 412. The summed E-state index contributed by atoms with van der Waals surface area (Å²) in [5, 5.41) is 11.9. The number of rotatable bonds is 4. The number of methoxy groups -OCH3 is 1. The SMILES string of the molecule is COCC(C)Nc1cc(C#N)cc(F)c1C. The van der Waals surface area contributed by atoms with E-state index in [-0.39, 0.29) is 11.9 Å². The van der Waals surface area contributed by atoms with Gasteiger partial charge in [0.2, 0.25) is 0 Å². The molecule has 86 valence electrons. The Morgan fingerprint density at radius 1 is 1.56 bits per heavy atom. The fraction of sp³-hybridized carbons (Fsp3) is 0.417. The van der Waals surface area contributed by atoms with Crippen LogP contribution in [-0.4, -0.2) is 19.8 Å². The lowest BCUT2D eigenvalue weighted by Gasteiger charge is -2.16. The molecular weight excluding hydrogens is 207 g/mol. The quantitative estimate of drug-likeness (QED) is 0.851. The average Bonchev–Trinajstić information content (AvgIpc) is 2.24. The molecule has 16 heavy (non-hydrogen) atoms. The maximum atomic E-state index is 13.4. The van der Waals surface area contributed by atoms with Gasteiger partial charge in [0.05, 0.1) is 18.2 Å². The molecule has 3 nitrogen and oxygen atoms in total. The Morgan fingerprint density at radius 3 is 2.81 bits per heavy atom. The Labute approximate surface area is 94.8 Å². The van der Waals surface area contributed by atoms with Crippen LogP contribution in [0.5, 0.6) is 0 Å². The Kier molecular flexibility index (Phi) is 4.27. The molecule has 4 heteroatoms. The second-order valence-electron chi connectivity index (χ2n) is 3.74. The third-order valence-corrected chi connectivity index (χ3v) is 2.29. The number of halogens is 1. The van der Waals surface area contributed by atoms with Crippen molar-refractivity contribution in [2.75, 3.05) is 19.0 Å². The molecule has 1 aromatic rings. The van der Waals surface area contributed by atoms with Gasteiger partial charge in [0.15, 0.2) is 0 Å². The topological polar surface area (TPSA) is 45.0 Å². The molecule has 0 saturated carbocycles. The monoisotopic (exact) mass is 222 g/mol. The molecule has 1 aromatic carbocycles. The van der Waals surface area contributed by atoms with E-state index in [2.05, 4.69) is 5.32 Å². The molecule has 0 aliphatic carbocycles. The number of hydrogen-bond acceptors (Lipinski definition) is 3. The van der Waals surface area contributed by atoms with E-state index in [0.717, 1.165) is 0 Å². The van der Waals surface area contributed by atoms with Crippen molar-refractivity contribution >= 4 is 5.69 Å². The van der Waals surface area contributed by atoms with Crippen LogP contribution in [0.1, 0.15) is 18.1 Å². The smallest absolute Gasteiger partial charge is 0.129 e. The second kappa shape index (κ2) is 5.47. The second-order valence-corrected chi connectivity index (χ2v) is 3.74. The van der Waals surface area contributed by atoms with Crippen molar-refractivity contribution in [1.29, 1.82) is 5.26 Å². The van der Waals surface area contributed by atoms with Gasteiger partial charge in [0, 0.05) is 24.4 Å². The highest BCUT2D eigenvalue weighted by Crippen LogP contribution is 2.21. The molecule has 1 atom stereocenters. The van der Waals surface area contributed by atoms with E-state index < -0.39 is 0 Å². The summed E-state index contributed by atoms with van der Waals surface area (Å²) in [4.78, 5) is 0.